The Balaban J connectivity index is 1.66. The van der Waals surface area contributed by atoms with Crippen molar-refractivity contribution in [2.45, 2.75) is 23.5 Å². The highest BCUT2D eigenvalue weighted by Gasteiger charge is 2.08. The van der Waals surface area contributed by atoms with Gasteiger partial charge in [0.05, 0.1) is 7.11 Å². The zero-order valence-electron chi connectivity index (χ0n) is 15.3. The van der Waals surface area contributed by atoms with E-state index in [9.17, 15) is 4.79 Å². The Morgan fingerprint density at radius 3 is 2.33 bits per heavy atom. The Hall–Kier alpha value is -2.72. The van der Waals surface area contributed by atoms with Crippen molar-refractivity contribution in [1.82, 2.24) is 0 Å². The van der Waals surface area contributed by atoms with Crippen molar-refractivity contribution in [2.75, 3.05) is 7.11 Å². The third kappa shape index (κ3) is 5.63. The van der Waals surface area contributed by atoms with E-state index in [-0.39, 0.29) is 0 Å². The third-order valence-corrected chi connectivity index (χ3v) is 5.16. The number of hydrogen-bond donors (Lipinski definition) is 0. The van der Waals surface area contributed by atoms with Gasteiger partial charge < -0.3 is 14.3 Å². The molecule has 0 aliphatic heterocycles. The lowest BCUT2D eigenvalue weighted by Crippen LogP contribution is -1.93. The molecule has 0 unspecified atom stereocenters. The molecule has 0 amide bonds. The van der Waals surface area contributed by atoms with Gasteiger partial charge in [-0.1, -0.05) is 36.4 Å². The number of methoxy groups -OCH3 is 1. The molecule has 0 bridgehead atoms. The molecule has 0 saturated carbocycles. The summed E-state index contributed by atoms with van der Waals surface area (Å²) in [5.41, 5.74) is 2.29. The molecule has 0 saturated heterocycles. The quantitative estimate of drug-likeness (QED) is 0.342. The molecular weight excluding hydrogens is 356 g/mol. The molecule has 3 aromatic carbocycles. The van der Waals surface area contributed by atoms with Crippen LogP contribution in [0, 0.1) is 0 Å². The summed E-state index contributed by atoms with van der Waals surface area (Å²) in [6.45, 7) is 0. The van der Waals surface area contributed by atoms with Crippen LogP contribution in [0.3, 0.4) is 0 Å². The van der Waals surface area contributed by atoms with Gasteiger partial charge in [-0.2, -0.15) is 0 Å². The molecule has 138 valence electrons. The standard InChI is InChI=1S/C23H22O3S/c1-25-22-14-11-18(6-5-15-24)16-23(22)26-20-12-9-19(10-13-20)17-27-21-7-3-2-4-8-21/h2-4,7-16H,5-6,17H2,1H3. The second kappa shape index (κ2) is 9.83. The van der Waals surface area contributed by atoms with Crippen molar-refractivity contribution < 1.29 is 14.3 Å². The average Bonchev–Trinajstić information content (AvgIpc) is 2.72. The normalized spacial score (nSPS) is 10.4. The average molecular weight is 378 g/mol. The minimum absolute atomic E-state index is 0.500. The molecule has 0 aromatic heterocycles. The molecule has 0 heterocycles. The monoisotopic (exact) mass is 378 g/mol. The Bertz CT molecular complexity index is 861. The summed E-state index contributed by atoms with van der Waals surface area (Å²) in [6.07, 6.45) is 2.12. The summed E-state index contributed by atoms with van der Waals surface area (Å²) in [7, 11) is 1.62. The van der Waals surface area contributed by atoms with Crippen LogP contribution in [0.5, 0.6) is 17.2 Å². The maximum Gasteiger partial charge on any atom is 0.169 e. The minimum Gasteiger partial charge on any atom is -0.493 e. The molecule has 4 heteroatoms. The van der Waals surface area contributed by atoms with Gasteiger partial charge in [0.25, 0.3) is 0 Å². The number of carbonyl (C=O) groups is 1. The van der Waals surface area contributed by atoms with Gasteiger partial charge in [0, 0.05) is 17.1 Å². The predicted octanol–water partition coefficient (Wildman–Crippen LogP) is 5.91. The second-order valence-corrected chi connectivity index (χ2v) is 7.09. The van der Waals surface area contributed by atoms with Gasteiger partial charge in [0.15, 0.2) is 11.5 Å². The molecule has 0 aliphatic rings. The Labute approximate surface area is 164 Å². The second-order valence-electron chi connectivity index (χ2n) is 6.04. The van der Waals surface area contributed by atoms with Crippen LogP contribution in [0.1, 0.15) is 17.5 Å². The summed E-state index contributed by atoms with van der Waals surface area (Å²) >= 11 is 1.81. The number of ether oxygens (including phenoxy) is 2. The summed E-state index contributed by atoms with van der Waals surface area (Å²) in [5.74, 6) is 3.00. The van der Waals surface area contributed by atoms with Crippen LogP contribution in [-0.2, 0) is 17.0 Å². The highest BCUT2D eigenvalue weighted by atomic mass is 32.2. The van der Waals surface area contributed by atoms with Crippen LogP contribution in [0.25, 0.3) is 0 Å². The number of hydrogen-bond acceptors (Lipinski definition) is 4. The molecule has 0 N–H and O–H groups in total. The lowest BCUT2D eigenvalue weighted by molar-refractivity contribution is -0.107. The molecule has 0 radical (unpaired) electrons. The van der Waals surface area contributed by atoms with Crippen LogP contribution < -0.4 is 9.47 Å². The van der Waals surface area contributed by atoms with E-state index in [4.69, 9.17) is 9.47 Å². The van der Waals surface area contributed by atoms with Crippen molar-refractivity contribution in [3.05, 3.63) is 83.9 Å². The molecule has 0 aliphatic carbocycles. The number of rotatable bonds is 9. The fraction of sp³-hybridized carbons (Fsp3) is 0.174. The van der Waals surface area contributed by atoms with E-state index in [0.29, 0.717) is 24.3 Å². The maximum absolute atomic E-state index is 10.6. The first-order valence-corrected chi connectivity index (χ1v) is 9.82. The van der Waals surface area contributed by atoms with Crippen molar-refractivity contribution in [3.8, 4) is 17.2 Å². The van der Waals surface area contributed by atoms with Gasteiger partial charge >= 0.3 is 0 Å². The zero-order chi connectivity index (χ0) is 18.9. The van der Waals surface area contributed by atoms with Gasteiger partial charge in [-0.3, -0.25) is 0 Å². The first-order valence-electron chi connectivity index (χ1n) is 8.83. The summed E-state index contributed by atoms with van der Waals surface area (Å²) in [6, 6.07) is 24.2. The van der Waals surface area contributed by atoms with E-state index < -0.39 is 0 Å². The van der Waals surface area contributed by atoms with Crippen LogP contribution in [0.15, 0.2) is 77.7 Å². The minimum atomic E-state index is 0.500. The number of benzene rings is 3. The van der Waals surface area contributed by atoms with Crippen molar-refractivity contribution in [3.63, 3.8) is 0 Å². The molecule has 0 fully saturated rings. The molecule has 3 aromatic rings. The number of aldehydes is 1. The summed E-state index contributed by atoms with van der Waals surface area (Å²) < 4.78 is 11.4. The first-order chi connectivity index (χ1) is 13.3. The Morgan fingerprint density at radius 1 is 0.889 bits per heavy atom. The van der Waals surface area contributed by atoms with Crippen molar-refractivity contribution in [2.24, 2.45) is 0 Å². The summed E-state index contributed by atoms with van der Waals surface area (Å²) in [5, 5.41) is 0. The fourth-order valence-corrected chi connectivity index (χ4v) is 3.52. The predicted molar refractivity (Wildman–Crippen MR) is 110 cm³/mol. The van der Waals surface area contributed by atoms with E-state index in [2.05, 4.69) is 36.4 Å². The maximum atomic E-state index is 10.6. The van der Waals surface area contributed by atoms with E-state index in [1.165, 1.54) is 10.5 Å². The largest absolute Gasteiger partial charge is 0.493 e. The lowest BCUT2D eigenvalue weighted by atomic mass is 10.1. The number of carbonyl (C=O) groups excluding carboxylic acids is 1. The molecule has 3 rings (SSSR count). The van der Waals surface area contributed by atoms with Gasteiger partial charge in [-0.05, 0) is 53.9 Å². The van der Waals surface area contributed by atoms with Crippen LogP contribution in [0.4, 0.5) is 0 Å². The Kier molecular flexibility index (Phi) is 6.94. The molecule has 0 spiro atoms. The highest BCUT2D eigenvalue weighted by Crippen LogP contribution is 2.33. The van der Waals surface area contributed by atoms with Crippen LogP contribution in [-0.4, -0.2) is 13.4 Å². The van der Waals surface area contributed by atoms with Crippen LogP contribution >= 0.6 is 11.8 Å². The molecule has 0 atom stereocenters. The van der Waals surface area contributed by atoms with Crippen molar-refractivity contribution in [1.29, 1.82) is 0 Å². The van der Waals surface area contributed by atoms with Crippen molar-refractivity contribution >= 4 is 18.0 Å². The summed E-state index contributed by atoms with van der Waals surface area (Å²) in [4.78, 5) is 11.9. The topological polar surface area (TPSA) is 35.5 Å². The SMILES string of the molecule is COc1ccc(CCC=O)cc1Oc1ccc(CSc2ccccc2)cc1. The Morgan fingerprint density at radius 2 is 1.63 bits per heavy atom. The number of thioether (sulfide) groups is 1. The van der Waals surface area contributed by atoms with Gasteiger partial charge in [0.1, 0.15) is 12.0 Å². The zero-order valence-corrected chi connectivity index (χ0v) is 16.1. The first kappa shape index (κ1) is 19.1. The van der Waals surface area contributed by atoms with Gasteiger partial charge in [-0.25, -0.2) is 0 Å². The van der Waals surface area contributed by atoms with E-state index in [0.717, 1.165) is 23.4 Å². The highest BCUT2D eigenvalue weighted by molar-refractivity contribution is 7.98. The molecule has 27 heavy (non-hydrogen) atoms. The van der Waals surface area contributed by atoms with Gasteiger partial charge in [-0.15, -0.1) is 11.8 Å². The van der Waals surface area contributed by atoms with E-state index in [1.54, 1.807) is 7.11 Å². The van der Waals surface area contributed by atoms with Gasteiger partial charge in [0.2, 0.25) is 0 Å². The smallest absolute Gasteiger partial charge is 0.169 e. The molecule has 3 nitrogen and oxygen atoms in total. The molecular formula is C23H22O3S. The lowest BCUT2D eigenvalue weighted by Gasteiger charge is -2.12. The third-order valence-electron chi connectivity index (χ3n) is 4.08. The van der Waals surface area contributed by atoms with Crippen LogP contribution in [0.2, 0.25) is 0 Å². The van der Waals surface area contributed by atoms with E-state index in [1.807, 2.05) is 48.2 Å². The number of aryl methyl sites for hydroxylation is 1. The van der Waals surface area contributed by atoms with E-state index >= 15 is 0 Å². The fourth-order valence-electron chi connectivity index (χ4n) is 2.65.